The lowest BCUT2D eigenvalue weighted by Crippen LogP contribution is -2.45. The van der Waals surface area contributed by atoms with E-state index in [0.29, 0.717) is 5.41 Å². The Morgan fingerprint density at radius 3 is 2.81 bits per heavy atom. The van der Waals surface area contributed by atoms with Gasteiger partial charge in [0.25, 0.3) is 0 Å². The van der Waals surface area contributed by atoms with Crippen LogP contribution in [0.1, 0.15) is 31.2 Å². The lowest BCUT2D eigenvalue weighted by atomic mass is 9.68. The van der Waals surface area contributed by atoms with Crippen molar-refractivity contribution in [2.24, 2.45) is 5.92 Å². The lowest BCUT2D eigenvalue weighted by molar-refractivity contribution is 0.134. The van der Waals surface area contributed by atoms with Crippen molar-refractivity contribution < 1.29 is 0 Å². The highest BCUT2D eigenvalue weighted by atomic mass is 15.1. The van der Waals surface area contributed by atoms with Gasteiger partial charge in [-0.15, -0.1) is 0 Å². The largest absolute Gasteiger partial charge is 0.306 e. The van der Waals surface area contributed by atoms with Crippen molar-refractivity contribution in [3.63, 3.8) is 0 Å². The van der Waals surface area contributed by atoms with E-state index < -0.39 is 0 Å². The van der Waals surface area contributed by atoms with Crippen LogP contribution in [0.4, 0.5) is 0 Å². The predicted molar refractivity (Wildman–Crippen MR) is 67.6 cm³/mol. The first-order valence-electron chi connectivity index (χ1n) is 6.55. The van der Waals surface area contributed by atoms with E-state index in [9.17, 15) is 0 Å². The van der Waals surface area contributed by atoms with Crippen molar-refractivity contribution in [2.45, 2.75) is 31.1 Å². The van der Waals surface area contributed by atoms with Gasteiger partial charge < -0.3 is 4.90 Å². The van der Waals surface area contributed by atoms with Gasteiger partial charge in [0, 0.05) is 12.0 Å². The Morgan fingerprint density at radius 2 is 2.00 bits per heavy atom. The number of rotatable bonds is 1. The Hall–Kier alpha value is -0.820. The summed E-state index contributed by atoms with van der Waals surface area (Å²) in [7, 11) is 2.27. The highest BCUT2D eigenvalue weighted by Crippen LogP contribution is 2.50. The van der Waals surface area contributed by atoms with Gasteiger partial charge in [0.1, 0.15) is 0 Å². The molecule has 2 fully saturated rings. The first kappa shape index (κ1) is 10.3. The molecule has 1 heterocycles. The maximum atomic E-state index is 2.51. The molecule has 86 valence electrons. The van der Waals surface area contributed by atoms with E-state index in [-0.39, 0.29) is 0 Å². The molecule has 0 spiro atoms. The second kappa shape index (κ2) is 3.89. The van der Waals surface area contributed by atoms with Crippen LogP contribution in [0.25, 0.3) is 0 Å². The van der Waals surface area contributed by atoms with Gasteiger partial charge in [0.05, 0.1) is 0 Å². The van der Waals surface area contributed by atoms with Crippen LogP contribution in [-0.4, -0.2) is 25.0 Å². The van der Waals surface area contributed by atoms with Gasteiger partial charge in [-0.25, -0.2) is 0 Å². The summed E-state index contributed by atoms with van der Waals surface area (Å²) < 4.78 is 0. The fourth-order valence-corrected chi connectivity index (χ4v) is 3.89. The third-order valence-corrected chi connectivity index (χ3v) is 4.78. The molecule has 1 aliphatic heterocycles. The number of likely N-dealkylation sites (tertiary alicyclic amines) is 1. The fourth-order valence-electron chi connectivity index (χ4n) is 3.89. The predicted octanol–water partition coefficient (Wildman–Crippen LogP) is 3.06. The Bertz CT molecular complexity index is 359. The van der Waals surface area contributed by atoms with Crippen molar-refractivity contribution in [3.05, 3.63) is 35.9 Å². The van der Waals surface area contributed by atoms with Crippen molar-refractivity contribution >= 4 is 0 Å². The molecular formula is C15H21N. The molecule has 0 N–H and O–H groups in total. The van der Waals surface area contributed by atoms with Crippen LogP contribution in [0, 0.1) is 5.92 Å². The summed E-state index contributed by atoms with van der Waals surface area (Å²) in [6.45, 7) is 2.57. The lowest BCUT2D eigenvalue weighted by Gasteiger charge is -2.43. The molecule has 2 atom stereocenters. The summed E-state index contributed by atoms with van der Waals surface area (Å²) in [6, 6.07) is 11.3. The van der Waals surface area contributed by atoms with Crippen molar-refractivity contribution in [3.8, 4) is 0 Å². The molecule has 2 aliphatic rings. The Kier molecular flexibility index (Phi) is 2.51. The molecule has 1 saturated heterocycles. The highest BCUT2D eigenvalue weighted by Gasteiger charge is 2.46. The Morgan fingerprint density at radius 1 is 1.19 bits per heavy atom. The van der Waals surface area contributed by atoms with E-state index in [1.54, 1.807) is 5.56 Å². The average Bonchev–Trinajstić information content (AvgIpc) is 2.74. The van der Waals surface area contributed by atoms with Crippen LogP contribution in [0.2, 0.25) is 0 Å². The minimum absolute atomic E-state index is 0.522. The topological polar surface area (TPSA) is 3.24 Å². The number of hydrogen-bond acceptors (Lipinski definition) is 1. The normalized spacial score (nSPS) is 34.9. The van der Waals surface area contributed by atoms with Crippen LogP contribution < -0.4 is 0 Å². The van der Waals surface area contributed by atoms with Crippen LogP contribution in [0.15, 0.2) is 30.3 Å². The van der Waals surface area contributed by atoms with E-state index in [1.165, 1.54) is 38.8 Å². The minimum atomic E-state index is 0.522. The quantitative estimate of drug-likeness (QED) is 0.696. The SMILES string of the molecule is CN1CC[C@]2(c3ccccc3)CCC[C@H]2C1. The zero-order chi connectivity index (χ0) is 11.0. The maximum absolute atomic E-state index is 2.51. The second-order valence-corrected chi connectivity index (χ2v) is 5.62. The van der Waals surface area contributed by atoms with Gasteiger partial charge in [-0.05, 0) is 44.3 Å². The summed E-state index contributed by atoms with van der Waals surface area (Å²) in [4.78, 5) is 2.51. The second-order valence-electron chi connectivity index (χ2n) is 5.62. The molecule has 16 heavy (non-hydrogen) atoms. The minimum Gasteiger partial charge on any atom is -0.306 e. The van der Waals surface area contributed by atoms with E-state index >= 15 is 0 Å². The van der Waals surface area contributed by atoms with Crippen molar-refractivity contribution in [2.75, 3.05) is 20.1 Å². The number of benzene rings is 1. The summed E-state index contributed by atoms with van der Waals surface area (Å²) in [5.41, 5.74) is 2.12. The van der Waals surface area contributed by atoms with Gasteiger partial charge >= 0.3 is 0 Å². The summed E-state index contributed by atoms with van der Waals surface area (Å²) >= 11 is 0. The van der Waals surface area contributed by atoms with Crippen molar-refractivity contribution in [1.82, 2.24) is 4.90 Å². The molecule has 1 aliphatic carbocycles. The van der Waals surface area contributed by atoms with E-state index in [4.69, 9.17) is 0 Å². The molecule has 0 amide bonds. The van der Waals surface area contributed by atoms with Crippen LogP contribution in [0.3, 0.4) is 0 Å². The number of hydrogen-bond donors (Lipinski definition) is 0. The monoisotopic (exact) mass is 215 g/mol. The van der Waals surface area contributed by atoms with Gasteiger partial charge in [-0.2, -0.15) is 0 Å². The van der Waals surface area contributed by atoms with Crippen LogP contribution >= 0.6 is 0 Å². The Labute approximate surface area is 98.5 Å². The molecule has 0 bridgehead atoms. The molecule has 0 unspecified atom stereocenters. The number of nitrogens with zero attached hydrogens (tertiary/aromatic N) is 1. The van der Waals surface area contributed by atoms with Gasteiger partial charge in [-0.3, -0.25) is 0 Å². The number of piperidine rings is 1. The van der Waals surface area contributed by atoms with E-state index in [0.717, 1.165) is 5.92 Å². The highest BCUT2D eigenvalue weighted by molar-refractivity contribution is 5.29. The molecule has 0 aromatic heterocycles. The molecule has 1 saturated carbocycles. The van der Waals surface area contributed by atoms with Crippen molar-refractivity contribution in [1.29, 1.82) is 0 Å². The van der Waals surface area contributed by atoms with E-state index in [2.05, 4.69) is 42.3 Å². The average molecular weight is 215 g/mol. The molecule has 0 radical (unpaired) electrons. The molecule has 1 aromatic rings. The van der Waals surface area contributed by atoms with E-state index in [1.807, 2.05) is 0 Å². The third-order valence-electron chi connectivity index (χ3n) is 4.78. The molecule has 1 aromatic carbocycles. The van der Waals surface area contributed by atoms with Gasteiger partial charge in [-0.1, -0.05) is 36.8 Å². The molecule has 1 heteroatoms. The zero-order valence-corrected chi connectivity index (χ0v) is 10.2. The standard InChI is InChI=1S/C15H21N/c1-16-11-10-15(9-5-8-14(15)12-16)13-6-3-2-4-7-13/h2-4,6-7,14H,5,8-12H2,1H3/t14-,15-/m0/s1. The Balaban J connectivity index is 1.96. The summed E-state index contributed by atoms with van der Waals surface area (Å²) in [6.07, 6.45) is 5.63. The van der Waals surface area contributed by atoms with Crippen LogP contribution in [-0.2, 0) is 5.41 Å². The van der Waals surface area contributed by atoms with Gasteiger partial charge in [0.2, 0.25) is 0 Å². The first-order valence-corrected chi connectivity index (χ1v) is 6.55. The first-order chi connectivity index (χ1) is 7.81. The molecule has 1 nitrogen and oxygen atoms in total. The fraction of sp³-hybridized carbons (Fsp3) is 0.600. The smallest absolute Gasteiger partial charge is 0.00151 e. The number of fused-ring (bicyclic) bond motifs is 1. The molecular weight excluding hydrogens is 194 g/mol. The maximum Gasteiger partial charge on any atom is 0.00151 e. The zero-order valence-electron chi connectivity index (χ0n) is 10.2. The van der Waals surface area contributed by atoms with Crippen LogP contribution in [0.5, 0.6) is 0 Å². The molecule has 3 rings (SSSR count). The van der Waals surface area contributed by atoms with Gasteiger partial charge in [0.15, 0.2) is 0 Å². The summed E-state index contributed by atoms with van der Waals surface area (Å²) in [5, 5.41) is 0. The third kappa shape index (κ3) is 1.49. The summed E-state index contributed by atoms with van der Waals surface area (Å²) in [5.74, 6) is 0.897.